The van der Waals surface area contributed by atoms with E-state index in [1.165, 1.54) is 6.42 Å². The molecule has 2 atom stereocenters. The Balaban J connectivity index is 1.66. The average molecular weight is 308 g/mol. The second-order valence-corrected chi connectivity index (χ2v) is 7.05. The van der Waals surface area contributed by atoms with Crippen molar-refractivity contribution in [1.82, 2.24) is 0 Å². The smallest absolute Gasteiger partial charge is 0.344 e. The molecule has 122 valence electrons. The molecule has 0 radical (unpaired) electrons. The molecular formula is C17H24O5. The molecule has 0 N–H and O–H groups in total. The molecule has 4 fully saturated rings. The van der Waals surface area contributed by atoms with Crippen LogP contribution in [0.5, 0.6) is 0 Å². The molecule has 5 nitrogen and oxygen atoms in total. The van der Waals surface area contributed by atoms with Crippen LogP contribution in [0, 0.1) is 11.8 Å². The molecule has 4 rings (SSSR count). The molecule has 4 aliphatic carbocycles. The highest BCUT2D eigenvalue weighted by Gasteiger charge is 2.60. The van der Waals surface area contributed by atoms with Crippen LogP contribution in [0.3, 0.4) is 0 Å². The third-order valence-electron chi connectivity index (χ3n) is 5.23. The maximum absolute atomic E-state index is 12.0. The van der Waals surface area contributed by atoms with E-state index in [0.717, 1.165) is 38.2 Å². The fourth-order valence-electron chi connectivity index (χ4n) is 5.15. The fourth-order valence-corrected chi connectivity index (χ4v) is 5.15. The lowest BCUT2D eigenvalue weighted by atomic mass is 9.52. The molecule has 0 aromatic heterocycles. The maximum Gasteiger partial charge on any atom is 0.344 e. The predicted molar refractivity (Wildman–Crippen MR) is 79.0 cm³/mol. The van der Waals surface area contributed by atoms with E-state index >= 15 is 0 Å². The van der Waals surface area contributed by atoms with Crippen molar-refractivity contribution in [2.24, 2.45) is 11.8 Å². The van der Waals surface area contributed by atoms with E-state index in [4.69, 9.17) is 14.2 Å². The van der Waals surface area contributed by atoms with E-state index in [2.05, 4.69) is 6.58 Å². The Morgan fingerprint density at radius 3 is 2.41 bits per heavy atom. The summed E-state index contributed by atoms with van der Waals surface area (Å²) in [6.45, 7) is 5.68. The molecule has 2 unspecified atom stereocenters. The van der Waals surface area contributed by atoms with Crippen LogP contribution >= 0.6 is 0 Å². The molecule has 0 aliphatic heterocycles. The summed E-state index contributed by atoms with van der Waals surface area (Å²) in [4.78, 5) is 23.1. The Morgan fingerprint density at radius 1 is 1.18 bits per heavy atom. The summed E-state index contributed by atoms with van der Waals surface area (Å²) in [7, 11) is 0. The van der Waals surface area contributed by atoms with Gasteiger partial charge in [-0.25, -0.2) is 9.59 Å². The molecule has 4 saturated carbocycles. The summed E-state index contributed by atoms with van der Waals surface area (Å²) in [6, 6.07) is 0. The van der Waals surface area contributed by atoms with Gasteiger partial charge in [0.05, 0.1) is 5.60 Å². The van der Waals surface area contributed by atoms with Crippen LogP contribution in [0.25, 0.3) is 0 Å². The predicted octanol–water partition coefficient (Wildman–Crippen LogP) is 2.39. The summed E-state index contributed by atoms with van der Waals surface area (Å²) in [5.74, 6) is 0.0877. The van der Waals surface area contributed by atoms with Crippen molar-refractivity contribution in [3.8, 4) is 0 Å². The van der Waals surface area contributed by atoms with Gasteiger partial charge in [0.1, 0.15) is 5.60 Å². The summed E-state index contributed by atoms with van der Waals surface area (Å²) < 4.78 is 16.6. The van der Waals surface area contributed by atoms with Gasteiger partial charge in [0.25, 0.3) is 0 Å². The monoisotopic (exact) mass is 308 g/mol. The van der Waals surface area contributed by atoms with Crippen LogP contribution in [0.2, 0.25) is 0 Å². The minimum atomic E-state index is -0.603. The molecule has 4 bridgehead atoms. The van der Waals surface area contributed by atoms with Crippen LogP contribution in [-0.2, 0) is 23.8 Å². The molecule has 4 aliphatic rings. The Bertz CT molecular complexity index is 469. The highest BCUT2D eigenvalue weighted by molar-refractivity contribution is 5.83. The minimum absolute atomic E-state index is 0.114. The van der Waals surface area contributed by atoms with E-state index in [9.17, 15) is 9.59 Å². The van der Waals surface area contributed by atoms with Crippen molar-refractivity contribution < 1.29 is 23.8 Å². The average Bonchev–Trinajstić information content (AvgIpc) is 2.42. The fraction of sp³-hybridized carbons (Fsp3) is 0.765. The van der Waals surface area contributed by atoms with Gasteiger partial charge in [-0.15, -0.1) is 0 Å². The first-order valence-electron chi connectivity index (χ1n) is 8.13. The Morgan fingerprint density at radius 2 is 1.82 bits per heavy atom. The number of carbonyl (C=O) groups is 2. The van der Waals surface area contributed by atoms with Crippen molar-refractivity contribution in [1.29, 1.82) is 0 Å². The molecule has 5 heteroatoms. The van der Waals surface area contributed by atoms with Gasteiger partial charge >= 0.3 is 11.9 Å². The zero-order valence-corrected chi connectivity index (χ0v) is 13.1. The third-order valence-corrected chi connectivity index (χ3v) is 5.23. The summed E-state index contributed by atoms with van der Waals surface area (Å²) in [5, 5.41) is 0. The normalized spacial score (nSPS) is 38.6. The molecule has 0 aromatic carbocycles. The first-order valence-corrected chi connectivity index (χ1v) is 8.13. The number of carbonyl (C=O) groups excluding carboxylic acids is 2. The minimum Gasteiger partial charge on any atom is -0.456 e. The lowest BCUT2D eigenvalue weighted by molar-refractivity contribution is -0.234. The number of hydrogen-bond donors (Lipinski definition) is 0. The Labute approximate surface area is 131 Å². The van der Waals surface area contributed by atoms with E-state index in [1.807, 2.05) is 6.92 Å². The quantitative estimate of drug-likeness (QED) is 0.557. The molecular weight excluding hydrogens is 284 g/mol. The largest absolute Gasteiger partial charge is 0.456 e. The number of ether oxygens (including phenoxy) is 3. The van der Waals surface area contributed by atoms with Gasteiger partial charge in [-0.2, -0.15) is 0 Å². The third kappa shape index (κ3) is 2.91. The van der Waals surface area contributed by atoms with Crippen LogP contribution in [0.4, 0.5) is 0 Å². The van der Waals surface area contributed by atoms with Gasteiger partial charge in [-0.1, -0.05) is 6.58 Å². The van der Waals surface area contributed by atoms with Crippen LogP contribution < -0.4 is 0 Å². The molecule has 0 saturated heterocycles. The van der Waals surface area contributed by atoms with Crippen molar-refractivity contribution in [3.63, 3.8) is 0 Å². The van der Waals surface area contributed by atoms with Crippen molar-refractivity contribution in [3.05, 3.63) is 12.7 Å². The Hall–Kier alpha value is -1.36. The second-order valence-electron chi connectivity index (χ2n) is 7.05. The van der Waals surface area contributed by atoms with Crippen LogP contribution in [-0.4, -0.2) is 36.4 Å². The molecule has 22 heavy (non-hydrogen) atoms. The maximum atomic E-state index is 12.0. The first-order chi connectivity index (χ1) is 10.5. The molecule has 0 amide bonds. The first kappa shape index (κ1) is 15.5. The summed E-state index contributed by atoms with van der Waals surface area (Å²) in [6.07, 6.45) is 7.05. The summed E-state index contributed by atoms with van der Waals surface area (Å²) >= 11 is 0. The second kappa shape index (κ2) is 5.69. The van der Waals surface area contributed by atoms with E-state index in [1.54, 1.807) is 0 Å². The number of esters is 2. The van der Waals surface area contributed by atoms with Crippen molar-refractivity contribution in [2.45, 2.75) is 56.7 Å². The van der Waals surface area contributed by atoms with E-state index < -0.39 is 17.5 Å². The standard InChI is InChI=1S/C17H24O5/c1-3-14(18)20-10-15(19)22-17-8-12-5-13(9-17)7-16(6-12,11-17)21-4-2/h3,12-13H,1,4-11H2,2H3. The number of hydrogen-bond acceptors (Lipinski definition) is 5. The lowest BCUT2D eigenvalue weighted by Gasteiger charge is -2.60. The van der Waals surface area contributed by atoms with Gasteiger partial charge in [0.2, 0.25) is 0 Å². The zero-order valence-electron chi connectivity index (χ0n) is 13.1. The Kier molecular flexibility index (Phi) is 4.02. The van der Waals surface area contributed by atoms with E-state index in [0.29, 0.717) is 18.4 Å². The van der Waals surface area contributed by atoms with Gasteiger partial charge in [0.15, 0.2) is 6.61 Å². The number of rotatable bonds is 6. The van der Waals surface area contributed by atoms with Gasteiger partial charge in [-0.05, 0) is 50.9 Å². The van der Waals surface area contributed by atoms with Crippen molar-refractivity contribution >= 4 is 11.9 Å². The molecule has 0 heterocycles. The van der Waals surface area contributed by atoms with Crippen LogP contribution in [0.15, 0.2) is 12.7 Å². The SMILES string of the molecule is C=CC(=O)OCC(=O)OC12CC3CC(CC(OCC)(C3)C1)C2. The van der Waals surface area contributed by atoms with Gasteiger partial charge in [-0.3, -0.25) is 0 Å². The lowest BCUT2D eigenvalue weighted by Crippen LogP contribution is -2.61. The zero-order chi connectivity index (χ0) is 15.8. The molecule has 0 spiro atoms. The van der Waals surface area contributed by atoms with Gasteiger partial charge in [0, 0.05) is 19.1 Å². The highest BCUT2D eigenvalue weighted by Crippen LogP contribution is 2.60. The van der Waals surface area contributed by atoms with E-state index in [-0.39, 0.29) is 12.2 Å². The summed E-state index contributed by atoms with van der Waals surface area (Å²) in [5.41, 5.74) is -0.534. The van der Waals surface area contributed by atoms with Gasteiger partial charge < -0.3 is 14.2 Å². The van der Waals surface area contributed by atoms with Crippen molar-refractivity contribution in [2.75, 3.05) is 13.2 Å². The van der Waals surface area contributed by atoms with Crippen LogP contribution in [0.1, 0.15) is 45.4 Å². The molecule has 0 aromatic rings. The highest BCUT2D eigenvalue weighted by atomic mass is 16.6. The topological polar surface area (TPSA) is 61.8 Å².